The van der Waals surface area contributed by atoms with Crippen LogP contribution >= 0.6 is 0 Å². The van der Waals surface area contributed by atoms with Gasteiger partial charge in [-0.15, -0.1) is 0 Å². The normalized spacial score (nSPS) is 21.6. The van der Waals surface area contributed by atoms with E-state index in [1.54, 1.807) is 6.20 Å². The number of nitrogens with two attached hydrogens (primary N) is 1. The zero-order valence-corrected chi connectivity index (χ0v) is 10.3. The van der Waals surface area contributed by atoms with Crippen LogP contribution < -0.4 is 5.73 Å². The number of pyridine rings is 1. The number of aromatic nitrogens is 1. The van der Waals surface area contributed by atoms with E-state index in [1.165, 1.54) is 31.2 Å². The van der Waals surface area contributed by atoms with Gasteiger partial charge in [0, 0.05) is 25.0 Å². The summed E-state index contributed by atoms with van der Waals surface area (Å²) in [5.41, 5.74) is 7.36. The summed E-state index contributed by atoms with van der Waals surface area (Å²) >= 11 is 0. The Bertz CT molecular complexity index is 309. The molecular formula is C14H22N2O. The molecule has 0 radical (unpaired) electrons. The lowest BCUT2D eigenvalue weighted by Crippen LogP contribution is -2.23. The first-order valence-corrected chi connectivity index (χ1v) is 6.60. The molecular weight excluding hydrogens is 212 g/mol. The highest BCUT2D eigenvalue weighted by molar-refractivity contribution is 5.09. The van der Waals surface area contributed by atoms with Gasteiger partial charge in [-0.3, -0.25) is 4.98 Å². The molecule has 1 aromatic rings. The molecule has 1 aromatic heterocycles. The Morgan fingerprint density at radius 1 is 1.53 bits per heavy atom. The largest absolute Gasteiger partial charge is 0.378 e. The molecule has 0 saturated carbocycles. The molecule has 94 valence electrons. The smallest absolute Gasteiger partial charge is 0.0576 e. The summed E-state index contributed by atoms with van der Waals surface area (Å²) in [6.45, 7) is 0.951. The van der Waals surface area contributed by atoms with Gasteiger partial charge in [0.15, 0.2) is 0 Å². The fraction of sp³-hybridized carbons (Fsp3) is 0.643. The van der Waals surface area contributed by atoms with E-state index in [9.17, 15) is 0 Å². The average molecular weight is 234 g/mol. The molecule has 0 amide bonds. The summed E-state index contributed by atoms with van der Waals surface area (Å²) in [5.74, 6) is 0. The summed E-state index contributed by atoms with van der Waals surface area (Å²) in [6, 6.07) is 4.31. The summed E-state index contributed by atoms with van der Waals surface area (Å²) in [4.78, 5) is 4.11. The fourth-order valence-corrected chi connectivity index (χ4v) is 2.40. The molecule has 2 rings (SSSR count). The Labute approximate surface area is 103 Å². The number of ether oxygens (including phenoxy) is 1. The number of nitrogens with zero attached hydrogens (tertiary/aromatic N) is 1. The zero-order valence-electron chi connectivity index (χ0n) is 10.3. The minimum atomic E-state index is 0.251. The molecule has 0 aromatic carbocycles. The molecule has 3 heteroatoms. The summed E-state index contributed by atoms with van der Waals surface area (Å²) in [7, 11) is 0. The van der Waals surface area contributed by atoms with Crippen molar-refractivity contribution in [3.05, 3.63) is 30.1 Å². The predicted molar refractivity (Wildman–Crippen MR) is 68.7 cm³/mol. The van der Waals surface area contributed by atoms with E-state index in [0.717, 1.165) is 19.4 Å². The zero-order chi connectivity index (χ0) is 11.9. The highest BCUT2D eigenvalue weighted by atomic mass is 16.5. The van der Waals surface area contributed by atoms with Gasteiger partial charge in [0.2, 0.25) is 0 Å². The molecule has 1 aliphatic rings. The van der Waals surface area contributed by atoms with Gasteiger partial charge in [-0.25, -0.2) is 0 Å². The highest BCUT2D eigenvalue weighted by Crippen LogP contribution is 2.18. The van der Waals surface area contributed by atoms with Crippen LogP contribution in [0.5, 0.6) is 0 Å². The summed E-state index contributed by atoms with van der Waals surface area (Å²) < 4.78 is 5.60. The second-order valence-corrected chi connectivity index (χ2v) is 4.89. The highest BCUT2D eigenvalue weighted by Gasteiger charge is 2.15. The third-order valence-electron chi connectivity index (χ3n) is 3.35. The van der Waals surface area contributed by atoms with Gasteiger partial charge in [-0.05, 0) is 50.2 Å². The second kappa shape index (κ2) is 6.72. The van der Waals surface area contributed by atoms with Crippen LogP contribution in [0.25, 0.3) is 0 Å². The van der Waals surface area contributed by atoms with Crippen LogP contribution in [-0.4, -0.2) is 23.7 Å². The number of hydrogen-bond donors (Lipinski definition) is 1. The van der Waals surface area contributed by atoms with Crippen LogP contribution in [0.3, 0.4) is 0 Å². The molecule has 3 nitrogen and oxygen atoms in total. The average Bonchev–Trinajstić information content (AvgIpc) is 2.83. The van der Waals surface area contributed by atoms with Gasteiger partial charge in [0.1, 0.15) is 0 Å². The van der Waals surface area contributed by atoms with Crippen LogP contribution in [0.2, 0.25) is 0 Å². The SMILES string of the molecule is NC(CCCC1CCCO1)Cc1cccnc1. The van der Waals surface area contributed by atoms with Crippen molar-refractivity contribution < 1.29 is 4.74 Å². The van der Waals surface area contributed by atoms with Crippen molar-refractivity contribution in [3.63, 3.8) is 0 Å². The Morgan fingerprint density at radius 2 is 2.47 bits per heavy atom. The minimum Gasteiger partial charge on any atom is -0.378 e. The molecule has 0 aliphatic carbocycles. The van der Waals surface area contributed by atoms with Gasteiger partial charge in [0.05, 0.1) is 6.10 Å². The van der Waals surface area contributed by atoms with E-state index in [2.05, 4.69) is 11.1 Å². The van der Waals surface area contributed by atoms with Crippen LogP contribution in [0.1, 0.15) is 37.7 Å². The fourth-order valence-electron chi connectivity index (χ4n) is 2.40. The van der Waals surface area contributed by atoms with Gasteiger partial charge in [-0.1, -0.05) is 6.07 Å². The first kappa shape index (κ1) is 12.5. The van der Waals surface area contributed by atoms with Crippen molar-refractivity contribution in [1.29, 1.82) is 0 Å². The van der Waals surface area contributed by atoms with Crippen LogP contribution in [0, 0.1) is 0 Å². The van der Waals surface area contributed by atoms with Crippen molar-refractivity contribution in [2.24, 2.45) is 5.73 Å². The number of hydrogen-bond acceptors (Lipinski definition) is 3. The molecule has 2 atom stereocenters. The molecule has 2 N–H and O–H groups in total. The van der Waals surface area contributed by atoms with Crippen molar-refractivity contribution >= 4 is 0 Å². The van der Waals surface area contributed by atoms with Crippen molar-refractivity contribution in [2.45, 2.75) is 50.7 Å². The van der Waals surface area contributed by atoms with E-state index < -0.39 is 0 Å². The van der Waals surface area contributed by atoms with Crippen molar-refractivity contribution in [2.75, 3.05) is 6.61 Å². The molecule has 17 heavy (non-hydrogen) atoms. The Balaban J connectivity index is 1.62. The maximum atomic E-state index is 6.12. The maximum absolute atomic E-state index is 6.12. The van der Waals surface area contributed by atoms with Gasteiger partial charge in [-0.2, -0.15) is 0 Å². The molecule has 0 bridgehead atoms. The van der Waals surface area contributed by atoms with E-state index in [0.29, 0.717) is 6.10 Å². The Kier molecular flexibility index (Phi) is 4.95. The van der Waals surface area contributed by atoms with E-state index in [-0.39, 0.29) is 6.04 Å². The van der Waals surface area contributed by atoms with Crippen LogP contribution in [0.15, 0.2) is 24.5 Å². The molecule has 1 aliphatic heterocycles. The first-order chi connectivity index (χ1) is 8.34. The van der Waals surface area contributed by atoms with Crippen molar-refractivity contribution in [1.82, 2.24) is 4.98 Å². The number of rotatable bonds is 6. The molecule has 1 saturated heterocycles. The molecule has 2 heterocycles. The molecule has 2 unspecified atom stereocenters. The van der Waals surface area contributed by atoms with Gasteiger partial charge >= 0.3 is 0 Å². The van der Waals surface area contributed by atoms with Crippen molar-refractivity contribution in [3.8, 4) is 0 Å². The lowest BCUT2D eigenvalue weighted by molar-refractivity contribution is 0.101. The first-order valence-electron chi connectivity index (χ1n) is 6.60. The topological polar surface area (TPSA) is 48.1 Å². The monoisotopic (exact) mass is 234 g/mol. The van der Waals surface area contributed by atoms with Crippen LogP contribution in [-0.2, 0) is 11.2 Å². The third kappa shape index (κ3) is 4.44. The molecule has 0 spiro atoms. The standard InChI is InChI=1S/C14H22N2O/c15-13(10-12-4-2-8-16-11-12)5-1-6-14-7-3-9-17-14/h2,4,8,11,13-14H,1,3,5-7,9-10,15H2. The lowest BCUT2D eigenvalue weighted by Gasteiger charge is -2.13. The van der Waals surface area contributed by atoms with E-state index in [1.807, 2.05) is 12.3 Å². The van der Waals surface area contributed by atoms with Crippen LogP contribution in [0.4, 0.5) is 0 Å². The Morgan fingerprint density at radius 3 is 3.18 bits per heavy atom. The van der Waals surface area contributed by atoms with E-state index in [4.69, 9.17) is 10.5 Å². The predicted octanol–water partition coefficient (Wildman–Crippen LogP) is 2.30. The second-order valence-electron chi connectivity index (χ2n) is 4.89. The third-order valence-corrected chi connectivity index (χ3v) is 3.35. The summed E-state index contributed by atoms with van der Waals surface area (Å²) in [5, 5.41) is 0. The molecule has 1 fully saturated rings. The summed E-state index contributed by atoms with van der Waals surface area (Å²) in [6.07, 6.45) is 11.0. The Hall–Kier alpha value is -0.930. The van der Waals surface area contributed by atoms with Gasteiger partial charge < -0.3 is 10.5 Å². The van der Waals surface area contributed by atoms with E-state index >= 15 is 0 Å². The minimum absolute atomic E-state index is 0.251. The van der Waals surface area contributed by atoms with Gasteiger partial charge in [0.25, 0.3) is 0 Å². The lowest BCUT2D eigenvalue weighted by atomic mass is 10.0. The maximum Gasteiger partial charge on any atom is 0.0576 e. The quantitative estimate of drug-likeness (QED) is 0.821.